The average Bonchev–Trinajstić information content (AvgIpc) is 3.78. The normalized spacial score (nSPS) is 16.5. The molecule has 0 bridgehead atoms. The Bertz CT molecular complexity index is 2440. The number of benzene rings is 2. The van der Waals surface area contributed by atoms with Crippen molar-refractivity contribution < 1.29 is 42.6 Å². The molecule has 2 aliphatic heterocycles. The van der Waals surface area contributed by atoms with Gasteiger partial charge in [0.15, 0.2) is 5.71 Å². The van der Waals surface area contributed by atoms with Crippen LogP contribution in [0.25, 0.3) is 20.9 Å². The summed E-state index contributed by atoms with van der Waals surface area (Å²) in [7, 11) is 0. The molecule has 2 heterocycles. The lowest BCUT2D eigenvalue weighted by atomic mass is 9.81. The third-order valence-corrected chi connectivity index (χ3v) is 14.4. The molecule has 0 spiro atoms. The van der Waals surface area contributed by atoms with E-state index < -0.39 is 0 Å². The number of unbranched alkanes of at least 4 members (excludes halogenated alkanes) is 4. The van der Waals surface area contributed by atoms with Crippen LogP contribution in [0.5, 0.6) is 0 Å². The molecular weight excluding hydrogens is 1000 g/mol. The van der Waals surface area contributed by atoms with Crippen molar-refractivity contribution in [3.05, 3.63) is 127 Å². The molecule has 2 aromatic rings. The zero-order valence-corrected chi connectivity index (χ0v) is 46.9. The van der Waals surface area contributed by atoms with Crippen LogP contribution in [0.3, 0.4) is 0 Å². The fourth-order valence-corrected chi connectivity index (χ4v) is 10.2. The predicted octanol–water partition coefficient (Wildman–Crippen LogP) is 11.0. The average molecular weight is 1080 g/mol. The molecule has 0 saturated carbocycles. The number of ether oxygens (including phenoxy) is 6. The highest BCUT2D eigenvalue weighted by Crippen LogP contribution is 2.48. The van der Waals surface area contributed by atoms with Gasteiger partial charge in [0.1, 0.15) is 6.54 Å². The molecule has 2 N–H and O–H groups in total. The zero-order valence-electron chi connectivity index (χ0n) is 46.2. The number of allylic oxidation sites excluding steroid dienone is 8. The first kappa shape index (κ1) is 62.3. The summed E-state index contributed by atoms with van der Waals surface area (Å²) in [6, 6.07) is 17.4. The summed E-state index contributed by atoms with van der Waals surface area (Å²) >= 11 is 7.36. The summed E-state index contributed by atoms with van der Waals surface area (Å²) in [4.78, 5) is 33.0. The quantitative estimate of drug-likeness (QED) is 0.0214. The molecule has 5 rings (SSSR count). The van der Waals surface area contributed by atoms with Crippen LogP contribution in [-0.2, 0) is 48.8 Å². The summed E-state index contributed by atoms with van der Waals surface area (Å²) < 4.78 is 35.2. The fourth-order valence-electron chi connectivity index (χ4n) is 9.88. The Kier molecular flexibility index (Phi) is 28.4. The fraction of sp³-hybridized carbons (Fsp3) is 0.603. The SMILES string of the molecule is CC1(C)C(/C=C/C2=C(Cl)C(=C/C=C3/N(CCCCCC(=O)NCCOCCOCCOCCN=[N+]=[N-])c4ccccc4C3(C)C)/CCC2)=[N+](CCCCCC(=O)NCCOCCOCCOCCN=[N+]=[N-])c2ccccc21. The van der Waals surface area contributed by atoms with Crippen molar-refractivity contribution in [2.75, 3.05) is 123 Å². The van der Waals surface area contributed by atoms with E-state index >= 15 is 0 Å². The second-order valence-electron chi connectivity index (χ2n) is 20.1. The van der Waals surface area contributed by atoms with Crippen molar-refractivity contribution >= 4 is 40.5 Å². The number of hydrogen-bond acceptors (Lipinski definition) is 11. The van der Waals surface area contributed by atoms with Crippen molar-refractivity contribution in [2.24, 2.45) is 10.2 Å². The Morgan fingerprint density at radius 3 is 1.78 bits per heavy atom. The van der Waals surface area contributed by atoms with E-state index in [1.165, 1.54) is 33.9 Å². The lowest BCUT2D eigenvalue weighted by molar-refractivity contribution is -0.438. The number of nitrogens with zero attached hydrogens (tertiary/aromatic N) is 8. The second kappa shape index (κ2) is 35.1. The van der Waals surface area contributed by atoms with Gasteiger partial charge in [0.25, 0.3) is 0 Å². The number of anilines is 1. The molecule has 0 saturated heterocycles. The van der Waals surface area contributed by atoms with E-state index in [1.807, 2.05) is 0 Å². The van der Waals surface area contributed by atoms with Gasteiger partial charge in [0.05, 0.1) is 84.7 Å². The highest BCUT2D eigenvalue weighted by molar-refractivity contribution is 6.32. The summed E-state index contributed by atoms with van der Waals surface area (Å²) in [5.74, 6) is 0.0708. The molecule has 420 valence electrons. The number of amides is 2. The van der Waals surface area contributed by atoms with Crippen LogP contribution >= 0.6 is 11.6 Å². The first-order chi connectivity index (χ1) is 37.5. The lowest BCUT2D eigenvalue weighted by Crippen LogP contribution is -2.28. The second-order valence-corrected chi connectivity index (χ2v) is 20.5. The molecule has 77 heavy (non-hydrogen) atoms. The third kappa shape index (κ3) is 20.7. The minimum absolute atomic E-state index is 0.0354. The van der Waals surface area contributed by atoms with E-state index in [4.69, 9.17) is 51.1 Å². The van der Waals surface area contributed by atoms with Gasteiger partial charge in [-0.05, 0) is 98.7 Å². The Morgan fingerprint density at radius 1 is 0.649 bits per heavy atom. The van der Waals surface area contributed by atoms with Gasteiger partial charge in [-0.25, -0.2) is 0 Å². The highest BCUT2D eigenvalue weighted by atomic mass is 35.5. The number of carbonyl (C=O) groups is 2. The number of para-hydroxylation sites is 2. The van der Waals surface area contributed by atoms with E-state index in [0.29, 0.717) is 118 Å². The van der Waals surface area contributed by atoms with Crippen LogP contribution in [0.15, 0.2) is 105 Å². The minimum Gasteiger partial charge on any atom is -0.379 e. The van der Waals surface area contributed by atoms with Crippen LogP contribution in [0.2, 0.25) is 0 Å². The molecule has 1 aliphatic carbocycles. The minimum atomic E-state index is -0.198. The van der Waals surface area contributed by atoms with Gasteiger partial charge in [-0.2, -0.15) is 4.58 Å². The first-order valence-corrected chi connectivity index (χ1v) is 28.0. The number of azide groups is 2. The Hall–Kier alpha value is -5.52. The first-order valence-electron chi connectivity index (χ1n) is 27.6. The smallest absolute Gasteiger partial charge is 0.220 e. The monoisotopic (exact) mass is 1080 g/mol. The van der Waals surface area contributed by atoms with E-state index in [1.54, 1.807) is 0 Å². The van der Waals surface area contributed by atoms with E-state index in [9.17, 15) is 9.59 Å². The van der Waals surface area contributed by atoms with E-state index in [2.05, 4.69) is 141 Å². The molecule has 18 nitrogen and oxygen atoms in total. The maximum atomic E-state index is 12.6. The van der Waals surface area contributed by atoms with Crippen molar-refractivity contribution in [1.29, 1.82) is 0 Å². The van der Waals surface area contributed by atoms with E-state index in [0.717, 1.165) is 87.1 Å². The van der Waals surface area contributed by atoms with Crippen LogP contribution in [0.1, 0.15) is 109 Å². The van der Waals surface area contributed by atoms with Crippen LogP contribution in [-0.4, -0.2) is 141 Å². The maximum Gasteiger partial charge on any atom is 0.220 e. The Balaban J connectivity index is 1.09. The number of carbonyl (C=O) groups excluding carboxylic acids is 2. The molecule has 19 heteroatoms. The van der Waals surface area contributed by atoms with Crippen molar-refractivity contribution in [2.45, 2.75) is 109 Å². The van der Waals surface area contributed by atoms with Gasteiger partial charge in [0, 0.05) is 101 Å². The molecule has 3 aliphatic rings. The predicted molar refractivity (Wildman–Crippen MR) is 304 cm³/mol. The molecule has 0 radical (unpaired) electrons. The molecular formula is C58H84ClN10O8+. The third-order valence-electron chi connectivity index (χ3n) is 13.9. The number of hydrogen-bond donors (Lipinski definition) is 2. The summed E-state index contributed by atoms with van der Waals surface area (Å²) in [6.07, 6.45) is 18.3. The van der Waals surface area contributed by atoms with Gasteiger partial charge >= 0.3 is 0 Å². The summed E-state index contributed by atoms with van der Waals surface area (Å²) in [5.41, 5.74) is 26.0. The van der Waals surface area contributed by atoms with Gasteiger partial charge in [0.2, 0.25) is 17.5 Å². The number of fused-ring (bicyclic) bond motifs is 2. The lowest BCUT2D eigenvalue weighted by Gasteiger charge is -2.27. The van der Waals surface area contributed by atoms with Gasteiger partial charge in [-0.15, -0.1) is 0 Å². The van der Waals surface area contributed by atoms with E-state index in [-0.39, 0.29) is 22.6 Å². The van der Waals surface area contributed by atoms with Gasteiger partial charge in [-0.1, -0.05) is 90.6 Å². The molecule has 0 fully saturated rings. The molecule has 0 aromatic heterocycles. The standard InChI is InChI=1S/C58H83ClN10O8/c1-57(2)48-18-9-11-20-50(48)68(32-13-5-7-22-54(70)62-28-34-72-38-42-76-44-40-74-36-30-64-66-60)52(57)26-24-46-16-15-17-47(56(46)59)25-27-53-58(3,4)49-19-10-12-21-51(49)69(53)33-14-6-8-23-55(71)63-29-35-73-39-43-77-45-41-75-37-31-65-67-61/h9-12,18-21,24-27H,5-8,13-17,22-23,28-45H2,1-4H3,(H-,62,63,70,71)/p+1. The van der Waals surface area contributed by atoms with Crippen LogP contribution in [0, 0.1) is 0 Å². The zero-order chi connectivity index (χ0) is 55.0. The molecule has 2 amide bonds. The topological polar surface area (TPSA) is 217 Å². The van der Waals surface area contributed by atoms with Gasteiger partial charge in [-0.3, -0.25) is 9.59 Å². The summed E-state index contributed by atoms with van der Waals surface area (Å²) in [6.45, 7) is 17.5. The van der Waals surface area contributed by atoms with Crippen LogP contribution in [0.4, 0.5) is 11.4 Å². The summed E-state index contributed by atoms with van der Waals surface area (Å²) in [5, 5.41) is 13.6. The van der Waals surface area contributed by atoms with Crippen molar-refractivity contribution in [3.8, 4) is 0 Å². The van der Waals surface area contributed by atoms with Gasteiger partial charge < -0.3 is 44.0 Å². The van der Waals surface area contributed by atoms with Crippen LogP contribution < -0.4 is 15.5 Å². The van der Waals surface area contributed by atoms with Crippen molar-refractivity contribution in [1.82, 2.24) is 10.6 Å². The molecule has 0 atom stereocenters. The number of halogens is 1. The maximum absolute atomic E-state index is 12.6. The molecule has 2 aromatic carbocycles. The number of nitrogens with one attached hydrogen (secondary N) is 2. The Morgan fingerprint density at radius 2 is 1.18 bits per heavy atom. The highest BCUT2D eigenvalue weighted by Gasteiger charge is 2.44. The molecule has 0 unspecified atom stereocenters. The number of rotatable bonds is 39. The largest absolute Gasteiger partial charge is 0.379 e. The Labute approximate surface area is 461 Å². The van der Waals surface area contributed by atoms with Crippen molar-refractivity contribution in [3.63, 3.8) is 0 Å².